The van der Waals surface area contributed by atoms with E-state index in [-0.39, 0.29) is 10.7 Å². The molecule has 0 N–H and O–H groups in total. The fourth-order valence-electron chi connectivity index (χ4n) is 2.30. The molecule has 0 heterocycles. The molecule has 18 heavy (non-hydrogen) atoms. The van der Waals surface area contributed by atoms with Crippen LogP contribution in [0.15, 0.2) is 29.2 Å². The van der Waals surface area contributed by atoms with Crippen LogP contribution in [0.25, 0.3) is 0 Å². The van der Waals surface area contributed by atoms with Crippen LogP contribution in [-0.2, 0) is 14.6 Å². The van der Waals surface area contributed by atoms with Crippen molar-refractivity contribution in [1.82, 2.24) is 0 Å². The van der Waals surface area contributed by atoms with Crippen LogP contribution in [0, 0.1) is 0 Å². The third-order valence-corrected chi connectivity index (χ3v) is 6.27. The summed E-state index contributed by atoms with van der Waals surface area (Å²) in [4.78, 5) is 11.9. The molecule has 0 amide bonds. The summed E-state index contributed by atoms with van der Waals surface area (Å²) in [5.74, 6) is 0.214. The molecule has 4 nitrogen and oxygen atoms in total. The zero-order chi connectivity index (χ0) is 13.4. The lowest BCUT2D eigenvalue weighted by atomic mass is 9.81. The summed E-state index contributed by atoms with van der Waals surface area (Å²) in [7, 11) is -2.14. The second-order valence-electron chi connectivity index (χ2n) is 4.59. The van der Waals surface area contributed by atoms with Gasteiger partial charge in [-0.3, -0.25) is 4.79 Å². The zero-order valence-corrected chi connectivity index (χ0v) is 11.3. The first-order valence-electron chi connectivity index (χ1n) is 5.84. The highest BCUT2D eigenvalue weighted by Gasteiger charge is 2.53. The molecule has 5 heteroatoms. The molecular formula is C13H16O4S. The molecule has 1 aliphatic rings. The van der Waals surface area contributed by atoms with Crippen molar-refractivity contribution in [1.29, 1.82) is 0 Å². The molecule has 1 saturated carbocycles. The first kappa shape index (κ1) is 13.1. The number of ketones is 1. The molecule has 0 spiro atoms. The number of Topliss-reactive ketones (excluding diaryl/α,β-unsaturated/α-hetero) is 1. The standard InChI is InChI=1S/C13H16O4S/c1-10(14)13(7-4-8-13)18(15,16)12-6-3-5-11(9-12)17-2/h3,5-6,9H,4,7-8H2,1-2H3. The molecule has 98 valence electrons. The van der Waals surface area contributed by atoms with Gasteiger partial charge >= 0.3 is 0 Å². The third kappa shape index (κ3) is 1.73. The van der Waals surface area contributed by atoms with Gasteiger partial charge in [-0.15, -0.1) is 0 Å². The van der Waals surface area contributed by atoms with E-state index in [1.54, 1.807) is 12.1 Å². The predicted octanol–water partition coefficient (Wildman–Crippen LogP) is 1.98. The molecule has 1 aliphatic carbocycles. The molecule has 0 unspecified atom stereocenters. The summed E-state index contributed by atoms with van der Waals surface area (Å²) in [6, 6.07) is 6.29. The molecule has 0 bridgehead atoms. The summed E-state index contributed by atoms with van der Waals surface area (Å²) in [6.45, 7) is 1.36. The fraction of sp³-hybridized carbons (Fsp3) is 0.462. The Morgan fingerprint density at radius 1 is 1.33 bits per heavy atom. The lowest BCUT2D eigenvalue weighted by molar-refractivity contribution is -0.121. The maximum absolute atomic E-state index is 12.6. The second-order valence-corrected chi connectivity index (χ2v) is 6.85. The number of hydrogen-bond donors (Lipinski definition) is 0. The summed E-state index contributed by atoms with van der Waals surface area (Å²) in [5.41, 5.74) is 0. The van der Waals surface area contributed by atoms with Crippen molar-refractivity contribution >= 4 is 15.6 Å². The number of carbonyl (C=O) groups excluding carboxylic acids is 1. The van der Waals surface area contributed by atoms with Crippen molar-refractivity contribution in [3.05, 3.63) is 24.3 Å². The average molecular weight is 268 g/mol. The van der Waals surface area contributed by atoms with Crippen molar-refractivity contribution in [3.8, 4) is 5.75 Å². The molecule has 0 atom stereocenters. The zero-order valence-electron chi connectivity index (χ0n) is 10.5. The van der Waals surface area contributed by atoms with Gasteiger partial charge in [0.25, 0.3) is 0 Å². The molecule has 1 aromatic carbocycles. The van der Waals surface area contributed by atoms with Crippen LogP contribution >= 0.6 is 0 Å². The van der Waals surface area contributed by atoms with Crippen LogP contribution in [0.3, 0.4) is 0 Å². The predicted molar refractivity (Wildman–Crippen MR) is 67.4 cm³/mol. The van der Waals surface area contributed by atoms with Crippen LogP contribution in [0.5, 0.6) is 5.75 Å². The number of hydrogen-bond acceptors (Lipinski definition) is 4. The molecule has 1 fully saturated rings. The van der Waals surface area contributed by atoms with E-state index in [0.29, 0.717) is 18.6 Å². The lowest BCUT2D eigenvalue weighted by Gasteiger charge is -2.38. The van der Waals surface area contributed by atoms with Crippen molar-refractivity contribution in [2.45, 2.75) is 35.8 Å². The number of ether oxygens (including phenoxy) is 1. The van der Waals surface area contributed by atoms with E-state index in [1.807, 2.05) is 0 Å². The van der Waals surface area contributed by atoms with Crippen LogP contribution in [0.1, 0.15) is 26.2 Å². The van der Waals surface area contributed by atoms with Gasteiger partial charge in [0.2, 0.25) is 0 Å². The van der Waals surface area contributed by atoms with E-state index >= 15 is 0 Å². The van der Waals surface area contributed by atoms with E-state index < -0.39 is 14.6 Å². The van der Waals surface area contributed by atoms with Gasteiger partial charge in [-0.2, -0.15) is 0 Å². The maximum Gasteiger partial charge on any atom is 0.191 e. The van der Waals surface area contributed by atoms with Crippen LogP contribution < -0.4 is 4.74 Å². The van der Waals surface area contributed by atoms with Crippen molar-refractivity contribution in [2.24, 2.45) is 0 Å². The second kappa shape index (κ2) is 4.39. The minimum Gasteiger partial charge on any atom is -0.497 e. The molecule has 0 aromatic heterocycles. The largest absolute Gasteiger partial charge is 0.497 e. The molecule has 1 aromatic rings. The van der Waals surface area contributed by atoms with Crippen molar-refractivity contribution in [2.75, 3.05) is 7.11 Å². The van der Waals surface area contributed by atoms with Crippen LogP contribution in [-0.4, -0.2) is 26.1 Å². The van der Waals surface area contributed by atoms with Crippen LogP contribution in [0.4, 0.5) is 0 Å². The number of sulfone groups is 1. The Balaban J connectivity index is 2.51. The van der Waals surface area contributed by atoms with Gasteiger partial charge in [0.1, 0.15) is 10.5 Å². The quantitative estimate of drug-likeness (QED) is 0.837. The average Bonchev–Trinajstić information content (AvgIpc) is 2.26. The van der Waals surface area contributed by atoms with Gasteiger partial charge in [-0.25, -0.2) is 8.42 Å². The highest BCUT2D eigenvalue weighted by atomic mass is 32.2. The summed E-state index contributed by atoms with van der Waals surface area (Å²) >= 11 is 0. The summed E-state index contributed by atoms with van der Waals surface area (Å²) in [5, 5.41) is 0. The first-order chi connectivity index (χ1) is 8.44. The van der Waals surface area contributed by atoms with E-state index in [9.17, 15) is 13.2 Å². The van der Waals surface area contributed by atoms with E-state index in [4.69, 9.17) is 4.74 Å². The van der Waals surface area contributed by atoms with Gasteiger partial charge in [-0.1, -0.05) is 6.07 Å². The van der Waals surface area contributed by atoms with E-state index in [2.05, 4.69) is 0 Å². The Bertz CT molecular complexity index is 570. The van der Waals surface area contributed by atoms with Gasteiger partial charge < -0.3 is 4.74 Å². The number of methoxy groups -OCH3 is 1. The first-order valence-corrected chi connectivity index (χ1v) is 7.32. The Morgan fingerprint density at radius 3 is 2.44 bits per heavy atom. The Labute approximate surface area is 107 Å². The number of carbonyl (C=O) groups is 1. The molecular weight excluding hydrogens is 252 g/mol. The minimum atomic E-state index is -3.63. The fourth-order valence-corrected chi connectivity index (χ4v) is 4.49. The molecule has 0 radical (unpaired) electrons. The summed E-state index contributed by atoms with van der Waals surface area (Å²) < 4.78 is 29.0. The highest BCUT2D eigenvalue weighted by Crippen LogP contribution is 2.43. The smallest absolute Gasteiger partial charge is 0.191 e. The number of benzene rings is 1. The highest BCUT2D eigenvalue weighted by molar-refractivity contribution is 7.93. The monoisotopic (exact) mass is 268 g/mol. The molecule has 0 aliphatic heterocycles. The van der Waals surface area contributed by atoms with E-state index in [0.717, 1.165) is 6.42 Å². The Kier molecular flexibility index (Phi) is 3.19. The van der Waals surface area contributed by atoms with Gasteiger partial charge in [0.05, 0.1) is 12.0 Å². The lowest BCUT2D eigenvalue weighted by Crippen LogP contribution is -2.50. The maximum atomic E-state index is 12.6. The van der Waals surface area contributed by atoms with Gasteiger partial charge in [-0.05, 0) is 44.4 Å². The van der Waals surface area contributed by atoms with Crippen LogP contribution in [0.2, 0.25) is 0 Å². The third-order valence-electron chi connectivity index (χ3n) is 3.67. The van der Waals surface area contributed by atoms with Crippen molar-refractivity contribution < 1.29 is 17.9 Å². The van der Waals surface area contributed by atoms with Crippen molar-refractivity contribution in [3.63, 3.8) is 0 Å². The Morgan fingerprint density at radius 2 is 2.00 bits per heavy atom. The van der Waals surface area contributed by atoms with Gasteiger partial charge in [0.15, 0.2) is 15.6 Å². The molecule has 2 rings (SSSR count). The van der Waals surface area contributed by atoms with Gasteiger partial charge in [0, 0.05) is 0 Å². The Hall–Kier alpha value is -1.36. The topological polar surface area (TPSA) is 60.4 Å². The minimum absolute atomic E-state index is 0.164. The SMILES string of the molecule is COc1cccc(S(=O)(=O)C2(C(C)=O)CCC2)c1. The summed E-state index contributed by atoms with van der Waals surface area (Å²) in [6.07, 6.45) is 1.62. The molecule has 0 saturated heterocycles. The van der Waals surface area contributed by atoms with E-state index in [1.165, 1.54) is 26.2 Å². The number of rotatable bonds is 4. The normalized spacial score (nSPS) is 17.9.